The maximum absolute atomic E-state index is 12.8. The molecule has 162 valence electrons. The first-order valence-corrected chi connectivity index (χ1v) is 10.5. The third-order valence-electron chi connectivity index (χ3n) is 5.77. The molecule has 0 amide bonds. The predicted molar refractivity (Wildman–Crippen MR) is 123 cm³/mol. The number of nitrogens with zero attached hydrogens (tertiary/aromatic N) is 6. The molecule has 0 bridgehead atoms. The third kappa shape index (κ3) is 3.87. The first-order valence-electron chi connectivity index (χ1n) is 10.1. The van der Waals surface area contributed by atoms with Gasteiger partial charge in [-0.3, -0.25) is 9.69 Å². The molecule has 1 saturated heterocycles. The second kappa shape index (κ2) is 8.88. The molecule has 1 fully saturated rings. The van der Waals surface area contributed by atoms with Crippen molar-refractivity contribution in [2.45, 2.75) is 6.54 Å². The van der Waals surface area contributed by atoms with Gasteiger partial charge in [0.2, 0.25) is 0 Å². The molecular formula is C23H21ClN6O2. The van der Waals surface area contributed by atoms with E-state index in [1.807, 2.05) is 11.0 Å². The van der Waals surface area contributed by atoms with Gasteiger partial charge in [-0.1, -0.05) is 23.7 Å². The molecule has 0 radical (unpaired) electrons. The van der Waals surface area contributed by atoms with Crippen LogP contribution in [0.1, 0.15) is 11.1 Å². The van der Waals surface area contributed by atoms with E-state index in [-0.39, 0.29) is 11.1 Å². The van der Waals surface area contributed by atoms with Gasteiger partial charge in [-0.05, 0) is 18.2 Å². The fourth-order valence-electron chi connectivity index (χ4n) is 4.08. The summed E-state index contributed by atoms with van der Waals surface area (Å²) < 4.78 is 6.90. The van der Waals surface area contributed by atoms with Crippen molar-refractivity contribution >= 4 is 34.0 Å². The summed E-state index contributed by atoms with van der Waals surface area (Å²) in [7, 11) is 3.24. The van der Waals surface area contributed by atoms with Crippen LogP contribution in [0, 0.1) is 17.9 Å². The highest BCUT2D eigenvalue weighted by Gasteiger charge is 2.25. The summed E-state index contributed by atoms with van der Waals surface area (Å²) in [5.41, 5.74) is 3.04. The van der Waals surface area contributed by atoms with Crippen LogP contribution in [0.2, 0.25) is 5.15 Å². The maximum atomic E-state index is 12.8. The molecule has 4 rings (SSSR count). The molecule has 3 heterocycles. The minimum absolute atomic E-state index is 0.0830. The number of hydrogen-bond donors (Lipinski definition) is 0. The summed E-state index contributed by atoms with van der Waals surface area (Å²) >= 11 is 6.14. The second-order valence-corrected chi connectivity index (χ2v) is 7.96. The van der Waals surface area contributed by atoms with Crippen molar-refractivity contribution < 1.29 is 4.74 Å². The Labute approximate surface area is 190 Å². The Kier molecular flexibility index (Phi) is 6.00. The predicted octanol–water partition coefficient (Wildman–Crippen LogP) is 3.34. The van der Waals surface area contributed by atoms with Crippen LogP contribution < -0.4 is 15.2 Å². The highest BCUT2D eigenvalue weighted by atomic mass is 35.5. The van der Waals surface area contributed by atoms with Gasteiger partial charge < -0.3 is 14.2 Å². The summed E-state index contributed by atoms with van der Waals surface area (Å²) in [6.45, 7) is 10.6. The van der Waals surface area contributed by atoms with E-state index >= 15 is 0 Å². The van der Waals surface area contributed by atoms with E-state index in [2.05, 4.69) is 20.8 Å². The van der Waals surface area contributed by atoms with Crippen molar-refractivity contribution in [1.29, 1.82) is 5.26 Å². The fourth-order valence-corrected chi connectivity index (χ4v) is 4.23. The lowest BCUT2D eigenvalue weighted by molar-refractivity contribution is 0.246. The Hall–Kier alpha value is -3.59. The lowest BCUT2D eigenvalue weighted by Crippen LogP contribution is -2.47. The number of methoxy groups -OCH3 is 1. The van der Waals surface area contributed by atoms with Gasteiger partial charge >= 0.3 is 0 Å². The lowest BCUT2D eigenvalue weighted by atomic mass is 10.1. The zero-order valence-corrected chi connectivity index (χ0v) is 18.6. The van der Waals surface area contributed by atoms with E-state index in [1.165, 1.54) is 4.57 Å². The van der Waals surface area contributed by atoms with E-state index in [1.54, 1.807) is 38.4 Å². The van der Waals surface area contributed by atoms with Crippen LogP contribution in [-0.4, -0.2) is 47.7 Å². The number of fused-ring (bicyclic) bond motifs is 1. The van der Waals surface area contributed by atoms with Crippen molar-refractivity contribution in [3.8, 4) is 11.8 Å². The number of rotatable bonds is 4. The Bertz CT molecular complexity index is 1330. The molecule has 0 atom stereocenters. The van der Waals surface area contributed by atoms with E-state index in [4.69, 9.17) is 22.9 Å². The fraction of sp³-hybridized carbons (Fsp3) is 0.304. The van der Waals surface area contributed by atoms with Crippen LogP contribution in [0.25, 0.3) is 15.9 Å². The van der Waals surface area contributed by atoms with E-state index in [0.717, 1.165) is 18.7 Å². The summed E-state index contributed by atoms with van der Waals surface area (Å²) in [4.78, 5) is 25.0. The topological polar surface area (TPSA) is 78.8 Å². The summed E-state index contributed by atoms with van der Waals surface area (Å²) in [5, 5.41) is 10.0. The minimum Gasteiger partial charge on any atom is -0.498 e. The highest BCUT2D eigenvalue weighted by molar-refractivity contribution is 6.29. The number of nitriles is 1. The zero-order valence-electron chi connectivity index (χ0n) is 17.8. The number of benzene rings is 1. The van der Waals surface area contributed by atoms with Crippen LogP contribution in [0.15, 0.2) is 35.1 Å². The Balaban J connectivity index is 1.61. The van der Waals surface area contributed by atoms with Crippen LogP contribution in [0.4, 0.5) is 11.4 Å². The van der Waals surface area contributed by atoms with Gasteiger partial charge in [-0.15, -0.1) is 0 Å². The largest absolute Gasteiger partial charge is 0.498 e. The number of hydrogen-bond acceptors (Lipinski definition) is 6. The lowest BCUT2D eigenvalue weighted by Gasteiger charge is -2.37. The van der Waals surface area contributed by atoms with Crippen LogP contribution >= 0.6 is 11.6 Å². The first kappa shape index (κ1) is 21.6. The van der Waals surface area contributed by atoms with Crippen molar-refractivity contribution in [1.82, 2.24) is 14.5 Å². The molecule has 8 nitrogen and oxygen atoms in total. The molecule has 0 aliphatic carbocycles. The number of aromatic nitrogens is 2. The number of piperazine rings is 1. The molecule has 0 N–H and O–H groups in total. The van der Waals surface area contributed by atoms with Crippen molar-refractivity contribution in [3.63, 3.8) is 0 Å². The molecule has 1 aliphatic rings. The number of pyridine rings is 2. The van der Waals surface area contributed by atoms with E-state index in [9.17, 15) is 10.1 Å². The average Bonchev–Trinajstić information content (AvgIpc) is 2.82. The first-order chi connectivity index (χ1) is 15.5. The van der Waals surface area contributed by atoms with Gasteiger partial charge in [0.1, 0.15) is 28.1 Å². The van der Waals surface area contributed by atoms with E-state index in [0.29, 0.717) is 52.9 Å². The summed E-state index contributed by atoms with van der Waals surface area (Å²) in [5.74, 6) is 0.698. The second-order valence-electron chi connectivity index (χ2n) is 7.57. The van der Waals surface area contributed by atoms with Gasteiger partial charge in [-0.2, -0.15) is 5.26 Å². The highest BCUT2D eigenvalue weighted by Crippen LogP contribution is 2.30. The standard InChI is InChI=1S/C23H21ClN6O2/c1-26-16-5-4-15(19(12-16)32-3)14-29-8-10-30(11-9-29)22-17(13-25)23(31)28(2)18-6-7-20(24)27-21(18)22/h4-7,12H,8-11,14H2,2-3H3. The summed E-state index contributed by atoms with van der Waals surface area (Å²) in [6, 6.07) is 10.9. The van der Waals surface area contributed by atoms with E-state index < -0.39 is 0 Å². The molecule has 0 spiro atoms. The third-order valence-corrected chi connectivity index (χ3v) is 5.99. The molecular weight excluding hydrogens is 428 g/mol. The molecule has 32 heavy (non-hydrogen) atoms. The van der Waals surface area contributed by atoms with Gasteiger partial charge in [0, 0.05) is 45.3 Å². The molecule has 0 unspecified atom stereocenters. The van der Waals surface area contributed by atoms with Crippen LogP contribution in [-0.2, 0) is 13.6 Å². The molecule has 0 saturated carbocycles. The van der Waals surface area contributed by atoms with Gasteiger partial charge in [0.15, 0.2) is 5.69 Å². The Morgan fingerprint density at radius 3 is 2.66 bits per heavy atom. The molecule has 1 aliphatic heterocycles. The van der Waals surface area contributed by atoms with Crippen molar-refractivity contribution in [3.05, 3.63) is 68.4 Å². The van der Waals surface area contributed by atoms with Crippen LogP contribution in [0.3, 0.4) is 0 Å². The molecule has 9 heteroatoms. The zero-order chi connectivity index (χ0) is 22.8. The maximum Gasteiger partial charge on any atom is 0.270 e. The number of ether oxygens (including phenoxy) is 1. The van der Waals surface area contributed by atoms with Crippen LogP contribution in [0.5, 0.6) is 5.75 Å². The van der Waals surface area contributed by atoms with Gasteiger partial charge in [0.05, 0.1) is 24.9 Å². The number of aryl methyl sites for hydroxylation is 1. The average molecular weight is 449 g/mol. The Morgan fingerprint density at radius 2 is 2.00 bits per heavy atom. The quantitative estimate of drug-likeness (QED) is 0.450. The monoisotopic (exact) mass is 448 g/mol. The number of halogens is 1. The molecule has 1 aromatic carbocycles. The smallest absolute Gasteiger partial charge is 0.270 e. The summed E-state index contributed by atoms with van der Waals surface area (Å²) in [6.07, 6.45) is 0. The van der Waals surface area contributed by atoms with Crippen molar-refractivity contribution in [2.75, 3.05) is 38.2 Å². The van der Waals surface area contributed by atoms with Gasteiger partial charge in [0.25, 0.3) is 5.56 Å². The SMILES string of the molecule is [C-]#[N+]c1ccc(CN2CCN(c3c(C#N)c(=O)n(C)c4ccc(Cl)nc34)CC2)c(OC)c1. The molecule has 3 aromatic rings. The van der Waals surface area contributed by atoms with Crippen molar-refractivity contribution in [2.24, 2.45) is 7.05 Å². The minimum atomic E-state index is -0.341. The normalized spacial score (nSPS) is 14.2. The number of anilines is 1. The molecule has 2 aromatic heterocycles. The van der Waals surface area contributed by atoms with Gasteiger partial charge in [-0.25, -0.2) is 9.83 Å². The Morgan fingerprint density at radius 1 is 1.25 bits per heavy atom.